The summed E-state index contributed by atoms with van der Waals surface area (Å²) < 4.78 is 0. The van der Waals surface area contributed by atoms with Crippen molar-refractivity contribution < 1.29 is 19.2 Å². The Hall–Kier alpha value is -2.38. The second kappa shape index (κ2) is 10.5. The number of hydrogen-bond acceptors (Lipinski definition) is 4. The fourth-order valence-corrected chi connectivity index (χ4v) is 5.16. The van der Waals surface area contributed by atoms with Crippen molar-refractivity contribution in [3.63, 3.8) is 0 Å². The van der Waals surface area contributed by atoms with Crippen LogP contribution in [0.5, 0.6) is 0 Å². The number of halogens is 2. The van der Waals surface area contributed by atoms with Crippen molar-refractivity contribution in [3.8, 4) is 0 Å². The number of H-pyrrole nitrogens is 1. The highest BCUT2D eigenvalue weighted by Gasteiger charge is 2.34. The number of nitrogens with two attached hydrogens (primary N) is 1. The minimum absolute atomic E-state index is 0.00561. The van der Waals surface area contributed by atoms with Crippen molar-refractivity contribution in [2.45, 2.75) is 63.8 Å². The highest BCUT2D eigenvalue weighted by atomic mass is 35.5. The van der Waals surface area contributed by atoms with E-state index in [9.17, 15) is 19.2 Å². The van der Waals surface area contributed by atoms with Gasteiger partial charge in [0.2, 0.25) is 11.8 Å². The number of Topliss-reactive ketones (excluding diaryl/α,β-unsaturated/α-hetero) is 2. The maximum atomic E-state index is 13.2. The molecule has 0 unspecified atom stereocenters. The number of hydrogen-bond donors (Lipinski definition) is 3. The number of ketones is 2. The number of aromatic nitrogens is 1. The highest BCUT2D eigenvalue weighted by Crippen LogP contribution is 2.37. The van der Waals surface area contributed by atoms with Crippen LogP contribution in [-0.4, -0.2) is 34.4 Å². The van der Waals surface area contributed by atoms with Crippen LogP contribution >= 0.6 is 23.2 Å². The minimum Gasteiger partial charge on any atom is -0.368 e. The van der Waals surface area contributed by atoms with Crippen molar-refractivity contribution in [2.75, 3.05) is 0 Å². The first-order valence-corrected chi connectivity index (χ1v) is 12.6. The van der Waals surface area contributed by atoms with E-state index in [2.05, 4.69) is 10.3 Å². The molecule has 9 heteroatoms. The van der Waals surface area contributed by atoms with Gasteiger partial charge in [-0.05, 0) is 43.7 Å². The molecule has 3 atom stereocenters. The number of primary amides is 1. The highest BCUT2D eigenvalue weighted by molar-refractivity contribution is 6.45. The van der Waals surface area contributed by atoms with Crippen molar-refractivity contribution in [1.82, 2.24) is 10.3 Å². The molecule has 2 aromatic rings. The molecular weight excluding hydrogens is 477 g/mol. The van der Waals surface area contributed by atoms with Gasteiger partial charge in [0.05, 0.1) is 21.3 Å². The van der Waals surface area contributed by atoms with E-state index in [1.54, 1.807) is 18.2 Å². The summed E-state index contributed by atoms with van der Waals surface area (Å²) in [6.45, 7) is 0. The summed E-state index contributed by atoms with van der Waals surface area (Å²) in [5.41, 5.74) is 6.49. The molecule has 0 spiro atoms. The Morgan fingerprint density at radius 1 is 1.12 bits per heavy atom. The summed E-state index contributed by atoms with van der Waals surface area (Å²) in [6, 6.07) is 4.21. The van der Waals surface area contributed by atoms with E-state index in [-0.39, 0.29) is 36.2 Å². The molecule has 0 aliphatic heterocycles. The van der Waals surface area contributed by atoms with Crippen LogP contribution in [0.15, 0.2) is 18.2 Å². The van der Waals surface area contributed by atoms with E-state index in [4.69, 9.17) is 28.9 Å². The van der Waals surface area contributed by atoms with Crippen molar-refractivity contribution >= 4 is 57.5 Å². The molecule has 4 rings (SSSR count). The molecule has 2 amide bonds. The Morgan fingerprint density at radius 3 is 2.56 bits per heavy atom. The Bertz CT molecular complexity index is 1120. The third-order valence-corrected chi connectivity index (χ3v) is 7.77. The third-order valence-electron chi connectivity index (χ3n) is 6.97. The molecule has 1 aromatic heterocycles. The van der Waals surface area contributed by atoms with Crippen LogP contribution in [0.25, 0.3) is 10.9 Å². The maximum absolute atomic E-state index is 13.2. The lowest BCUT2D eigenvalue weighted by atomic mass is 9.83. The van der Waals surface area contributed by atoms with E-state index in [0.29, 0.717) is 46.4 Å². The zero-order valence-electron chi connectivity index (χ0n) is 18.9. The number of nitrogens with one attached hydrogen (secondary N) is 2. The first kappa shape index (κ1) is 24.7. The van der Waals surface area contributed by atoms with Crippen LogP contribution in [0, 0.1) is 17.8 Å². The first-order chi connectivity index (χ1) is 16.2. The number of carbonyl (C=O) groups is 4. The Balaban J connectivity index is 1.46. The molecule has 1 aromatic carbocycles. The summed E-state index contributed by atoms with van der Waals surface area (Å²) >= 11 is 12.3. The van der Waals surface area contributed by atoms with Crippen LogP contribution in [0.1, 0.15) is 68.3 Å². The SMILES string of the molecule is NC(=O)[C@H](C[C@@H]1CCCCC1=O)NC(=O)[C@@H](CC(=O)c1cc2ccc(Cl)c(Cl)c2[nH]1)CC1CC1. The second-order valence-corrected chi connectivity index (χ2v) is 10.4. The first-order valence-electron chi connectivity index (χ1n) is 11.8. The van der Waals surface area contributed by atoms with Crippen LogP contribution in [-0.2, 0) is 14.4 Å². The maximum Gasteiger partial charge on any atom is 0.240 e. The Kier molecular flexibility index (Phi) is 7.63. The fourth-order valence-electron chi connectivity index (χ4n) is 4.79. The van der Waals surface area contributed by atoms with Crippen LogP contribution < -0.4 is 11.1 Å². The van der Waals surface area contributed by atoms with Gasteiger partial charge in [-0.2, -0.15) is 0 Å². The third kappa shape index (κ3) is 5.81. The van der Waals surface area contributed by atoms with Gasteiger partial charge in [0.25, 0.3) is 0 Å². The largest absolute Gasteiger partial charge is 0.368 e. The van der Waals surface area contributed by atoms with Gasteiger partial charge in [0, 0.05) is 30.1 Å². The van der Waals surface area contributed by atoms with E-state index < -0.39 is 17.9 Å². The van der Waals surface area contributed by atoms with Gasteiger partial charge in [-0.3, -0.25) is 19.2 Å². The molecule has 182 valence electrons. The quantitative estimate of drug-likeness (QED) is 0.408. The predicted molar refractivity (Wildman–Crippen MR) is 131 cm³/mol. The Labute approximate surface area is 208 Å². The van der Waals surface area contributed by atoms with Gasteiger partial charge in [-0.15, -0.1) is 0 Å². The Morgan fingerprint density at radius 2 is 1.88 bits per heavy atom. The average molecular weight is 506 g/mol. The lowest BCUT2D eigenvalue weighted by molar-refractivity contribution is -0.132. The molecule has 4 N–H and O–H groups in total. The molecular formula is C25H29Cl2N3O4. The normalized spacial score (nSPS) is 20.2. The molecule has 0 bridgehead atoms. The molecule has 34 heavy (non-hydrogen) atoms. The molecule has 0 radical (unpaired) electrons. The van der Waals surface area contributed by atoms with E-state index in [1.807, 2.05) is 0 Å². The summed E-state index contributed by atoms with van der Waals surface area (Å²) in [6.07, 6.45) is 5.81. The lowest BCUT2D eigenvalue weighted by Crippen LogP contribution is -2.48. The fraction of sp³-hybridized carbons (Fsp3) is 0.520. The summed E-state index contributed by atoms with van der Waals surface area (Å²) in [5, 5.41) is 4.23. The molecule has 2 aliphatic carbocycles. The standard InChI is InChI=1S/C25H29Cl2N3O4/c26-17-8-7-15-11-18(29-23(15)22(17)27)21(32)12-16(9-13-5-6-13)25(34)30-19(24(28)33)10-14-3-1-2-4-20(14)31/h7-8,11,13-14,16,19,29H,1-6,9-10,12H2,(H2,28,33)(H,30,34)/t14-,16+,19-/m0/s1. The monoisotopic (exact) mass is 505 g/mol. The molecule has 2 aliphatic rings. The van der Waals surface area contributed by atoms with Gasteiger partial charge in [0.1, 0.15) is 11.8 Å². The smallest absolute Gasteiger partial charge is 0.240 e. The average Bonchev–Trinajstić information content (AvgIpc) is 3.51. The van der Waals surface area contributed by atoms with Gasteiger partial charge in [0.15, 0.2) is 5.78 Å². The van der Waals surface area contributed by atoms with Crippen molar-refractivity contribution in [2.24, 2.45) is 23.5 Å². The zero-order chi connectivity index (χ0) is 24.4. The molecule has 2 fully saturated rings. The predicted octanol–water partition coefficient (Wildman–Crippen LogP) is 4.58. The van der Waals surface area contributed by atoms with Gasteiger partial charge < -0.3 is 16.0 Å². The molecule has 1 heterocycles. The number of benzene rings is 1. The second-order valence-electron chi connectivity index (χ2n) is 9.62. The minimum atomic E-state index is -0.926. The lowest BCUT2D eigenvalue weighted by Gasteiger charge is -2.26. The number of carbonyl (C=O) groups excluding carboxylic acids is 4. The number of fused-ring (bicyclic) bond motifs is 1. The van der Waals surface area contributed by atoms with Gasteiger partial charge >= 0.3 is 0 Å². The summed E-state index contributed by atoms with van der Waals surface area (Å²) in [5.74, 6) is -1.59. The van der Waals surface area contributed by atoms with Crippen LogP contribution in [0.3, 0.4) is 0 Å². The molecule has 2 saturated carbocycles. The number of rotatable bonds is 10. The van der Waals surface area contributed by atoms with Crippen molar-refractivity contribution in [1.29, 1.82) is 0 Å². The van der Waals surface area contributed by atoms with E-state index in [0.717, 1.165) is 31.1 Å². The topological polar surface area (TPSA) is 122 Å². The number of amides is 2. The molecule has 0 saturated heterocycles. The number of aromatic amines is 1. The summed E-state index contributed by atoms with van der Waals surface area (Å²) in [4.78, 5) is 53.6. The van der Waals surface area contributed by atoms with E-state index >= 15 is 0 Å². The zero-order valence-corrected chi connectivity index (χ0v) is 20.4. The van der Waals surface area contributed by atoms with E-state index in [1.165, 1.54) is 0 Å². The molecule has 7 nitrogen and oxygen atoms in total. The van der Waals surface area contributed by atoms with Gasteiger partial charge in [-0.1, -0.05) is 48.5 Å². The summed E-state index contributed by atoms with van der Waals surface area (Å²) in [7, 11) is 0. The van der Waals surface area contributed by atoms with Gasteiger partial charge in [-0.25, -0.2) is 0 Å². The van der Waals surface area contributed by atoms with Crippen LogP contribution in [0.4, 0.5) is 0 Å². The van der Waals surface area contributed by atoms with Crippen LogP contribution in [0.2, 0.25) is 10.0 Å². The van der Waals surface area contributed by atoms with Crippen molar-refractivity contribution in [3.05, 3.63) is 33.9 Å².